The smallest absolute Gasteiger partial charge is 0.222 e. The predicted molar refractivity (Wildman–Crippen MR) is 66.5 cm³/mol. The number of nitrogens with zero attached hydrogens (tertiary/aromatic N) is 1. The Balaban J connectivity index is 3.07. The first-order valence-corrected chi connectivity index (χ1v) is 6.17. The number of unbranched alkanes of at least 4 members (excludes halogenated alkanes) is 1. The minimum atomic E-state index is 0.195. The quantitative estimate of drug-likeness (QED) is 0.575. The molecule has 0 aromatic carbocycles. The number of hydrogen-bond donors (Lipinski definition) is 1. The van der Waals surface area contributed by atoms with E-state index in [0.717, 1.165) is 39.1 Å². The average molecular weight is 230 g/mol. The molecule has 4 heteroatoms. The van der Waals surface area contributed by atoms with Crippen molar-refractivity contribution in [1.82, 2.24) is 10.2 Å². The first-order chi connectivity index (χ1) is 7.68. The predicted octanol–water partition coefficient (Wildman–Crippen LogP) is 1.26. The number of rotatable bonds is 10. The molecule has 0 atom stereocenters. The van der Waals surface area contributed by atoms with Crippen molar-refractivity contribution in [1.29, 1.82) is 0 Å². The summed E-state index contributed by atoms with van der Waals surface area (Å²) in [5, 5.41) is 3.26. The van der Waals surface area contributed by atoms with E-state index in [1.54, 1.807) is 19.0 Å². The Morgan fingerprint density at radius 3 is 2.56 bits per heavy atom. The molecule has 0 rings (SSSR count). The molecule has 0 heterocycles. The van der Waals surface area contributed by atoms with Gasteiger partial charge in [0.25, 0.3) is 0 Å². The minimum Gasteiger partial charge on any atom is -0.380 e. The summed E-state index contributed by atoms with van der Waals surface area (Å²) < 4.78 is 5.40. The van der Waals surface area contributed by atoms with Crippen LogP contribution in [0.3, 0.4) is 0 Å². The first kappa shape index (κ1) is 15.4. The summed E-state index contributed by atoms with van der Waals surface area (Å²) in [4.78, 5) is 12.9. The third kappa shape index (κ3) is 9.93. The van der Waals surface area contributed by atoms with Gasteiger partial charge in [0.05, 0.1) is 6.61 Å². The highest BCUT2D eigenvalue weighted by atomic mass is 16.5. The molecule has 1 amide bonds. The van der Waals surface area contributed by atoms with Gasteiger partial charge < -0.3 is 15.0 Å². The van der Waals surface area contributed by atoms with Crippen LogP contribution in [0, 0.1) is 0 Å². The van der Waals surface area contributed by atoms with Crippen molar-refractivity contribution in [2.24, 2.45) is 0 Å². The van der Waals surface area contributed by atoms with Crippen LogP contribution >= 0.6 is 0 Å². The lowest BCUT2D eigenvalue weighted by molar-refractivity contribution is -0.128. The molecule has 0 aliphatic carbocycles. The van der Waals surface area contributed by atoms with Crippen LogP contribution in [0.2, 0.25) is 0 Å². The zero-order valence-corrected chi connectivity index (χ0v) is 10.9. The van der Waals surface area contributed by atoms with Crippen molar-refractivity contribution in [3.05, 3.63) is 0 Å². The van der Waals surface area contributed by atoms with Crippen LogP contribution < -0.4 is 5.32 Å². The number of carbonyl (C=O) groups excluding carboxylic acids is 1. The Morgan fingerprint density at radius 1 is 1.19 bits per heavy atom. The van der Waals surface area contributed by atoms with Gasteiger partial charge in [-0.15, -0.1) is 0 Å². The van der Waals surface area contributed by atoms with E-state index in [9.17, 15) is 4.79 Å². The lowest BCUT2D eigenvalue weighted by atomic mass is 10.3. The summed E-state index contributed by atoms with van der Waals surface area (Å²) in [6.07, 6.45) is 3.83. The normalized spacial score (nSPS) is 10.4. The molecule has 0 aromatic heterocycles. The number of ether oxygens (including phenoxy) is 1. The molecule has 16 heavy (non-hydrogen) atoms. The van der Waals surface area contributed by atoms with Crippen LogP contribution in [-0.4, -0.2) is 51.2 Å². The van der Waals surface area contributed by atoms with Crippen LogP contribution in [0.5, 0.6) is 0 Å². The van der Waals surface area contributed by atoms with E-state index in [1.807, 2.05) is 0 Å². The van der Waals surface area contributed by atoms with Crippen LogP contribution in [0.25, 0.3) is 0 Å². The lowest BCUT2D eigenvalue weighted by Gasteiger charge is -2.10. The fourth-order valence-electron chi connectivity index (χ4n) is 1.21. The van der Waals surface area contributed by atoms with Gasteiger partial charge in [-0.25, -0.2) is 0 Å². The number of hydrogen-bond acceptors (Lipinski definition) is 3. The molecule has 0 fully saturated rings. The summed E-state index contributed by atoms with van der Waals surface area (Å²) >= 11 is 0. The molecule has 0 aliphatic heterocycles. The summed E-state index contributed by atoms with van der Waals surface area (Å²) in [6, 6.07) is 0. The number of nitrogens with one attached hydrogen (secondary N) is 1. The van der Waals surface area contributed by atoms with Crippen LogP contribution in [0.4, 0.5) is 0 Å². The maximum atomic E-state index is 11.2. The zero-order chi connectivity index (χ0) is 12.2. The van der Waals surface area contributed by atoms with Crippen molar-refractivity contribution in [3.8, 4) is 0 Å². The molecule has 96 valence electrons. The molecule has 0 unspecified atom stereocenters. The molecule has 0 radical (unpaired) electrons. The summed E-state index contributed by atoms with van der Waals surface area (Å²) in [6.45, 7) is 5.54. The average Bonchev–Trinajstić information content (AvgIpc) is 2.26. The van der Waals surface area contributed by atoms with Gasteiger partial charge in [-0.2, -0.15) is 0 Å². The Bertz CT molecular complexity index is 172. The van der Waals surface area contributed by atoms with Gasteiger partial charge in [0.2, 0.25) is 5.91 Å². The summed E-state index contributed by atoms with van der Waals surface area (Å²) in [5.74, 6) is 0.195. The van der Waals surface area contributed by atoms with Gasteiger partial charge in [0, 0.05) is 33.7 Å². The van der Waals surface area contributed by atoms with Gasteiger partial charge in [-0.1, -0.05) is 13.3 Å². The van der Waals surface area contributed by atoms with Crippen molar-refractivity contribution >= 4 is 5.91 Å². The molecule has 4 nitrogen and oxygen atoms in total. The minimum absolute atomic E-state index is 0.195. The van der Waals surface area contributed by atoms with Gasteiger partial charge in [0.15, 0.2) is 0 Å². The molecule has 0 saturated carbocycles. The highest BCUT2D eigenvalue weighted by Gasteiger charge is 2.01. The number of carbonyl (C=O) groups is 1. The van der Waals surface area contributed by atoms with Crippen molar-refractivity contribution in [2.75, 3.05) is 40.4 Å². The van der Waals surface area contributed by atoms with Gasteiger partial charge in [-0.3, -0.25) is 4.79 Å². The molecule has 0 spiro atoms. The highest BCUT2D eigenvalue weighted by molar-refractivity contribution is 5.75. The lowest BCUT2D eigenvalue weighted by Crippen LogP contribution is -2.25. The topological polar surface area (TPSA) is 41.6 Å². The standard InChI is InChI=1S/C12H26N2O2/c1-4-5-10-16-11-9-13-8-6-7-12(15)14(2)3/h13H,4-11H2,1-3H3. The third-order valence-corrected chi connectivity index (χ3v) is 2.31. The SMILES string of the molecule is CCCCOCCNCCCC(=O)N(C)C. The zero-order valence-electron chi connectivity index (χ0n) is 10.9. The van der Waals surface area contributed by atoms with E-state index in [1.165, 1.54) is 6.42 Å². The van der Waals surface area contributed by atoms with Crippen molar-refractivity contribution in [2.45, 2.75) is 32.6 Å². The Hall–Kier alpha value is -0.610. The van der Waals surface area contributed by atoms with Gasteiger partial charge >= 0.3 is 0 Å². The molecule has 0 bridgehead atoms. The monoisotopic (exact) mass is 230 g/mol. The Labute approximate surface area is 99.3 Å². The second-order valence-corrected chi connectivity index (χ2v) is 4.11. The highest BCUT2D eigenvalue weighted by Crippen LogP contribution is 1.91. The fourth-order valence-corrected chi connectivity index (χ4v) is 1.21. The Kier molecular flexibility index (Phi) is 10.5. The van der Waals surface area contributed by atoms with Crippen LogP contribution in [0.15, 0.2) is 0 Å². The van der Waals surface area contributed by atoms with Crippen LogP contribution in [0.1, 0.15) is 32.6 Å². The maximum Gasteiger partial charge on any atom is 0.222 e. The summed E-state index contributed by atoms with van der Waals surface area (Å²) in [7, 11) is 3.58. The molecule has 0 aromatic rings. The fraction of sp³-hybridized carbons (Fsp3) is 0.917. The van der Waals surface area contributed by atoms with Crippen LogP contribution in [-0.2, 0) is 9.53 Å². The van der Waals surface area contributed by atoms with Gasteiger partial charge in [-0.05, 0) is 19.4 Å². The molecule has 0 saturated heterocycles. The number of amides is 1. The third-order valence-electron chi connectivity index (χ3n) is 2.31. The van der Waals surface area contributed by atoms with E-state index in [4.69, 9.17) is 4.74 Å². The van der Waals surface area contributed by atoms with E-state index in [2.05, 4.69) is 12.2 Å². The first-order valence-electron chi connectivity index (χ1n) is 6.17. The molecular formula is C12H26N2O2. The van der Waals surface area contributed by atoms with Crippen molar-refractivity contribution in [3.63, 3.8) is 0 Å². The molecule has 0 aliphatic rings. The molecule has 1 N–H and O–H groups in total. The summed E-state index contributed by atoms with van der Waals surface area (Å²) in [5.41, 5.74) is 0. The van der Waals surface area contributed by atoms with Crippen molar-refractivity contribution < 1.29 is 9.53 Å². The maximum absolute atomic E-state index is 11.2. The largest absolute Gasteiger partial charge is 0.380 e. The van der Waals surface area contributed by atoms with E-state index in [-0.39, 0.29) is 5.91 Å². The van der Waals surface area contributed by atoms with E-state index < -0.39 is 0 Å². The van der Waals surface area contributed by atoms with E-state index >= 15 is 0 Å². The second kappa shape index (κ2) is 10.9. The second-order valence-electron chi connectivity index (χ2n) is 4.11. The van der Waals surface area contributed by atoms with E-state index in [0.29, 0.717) is 6.42 Å². The molecular weight excluding hydrogens is 204 g/mol. The Morgan fingerprint density at radius 2 is 1.94 bits per heavy atom. The van der Waals surface area contributed by atoms with Gasteiger partial charge in [0.1, 0.15) is 0 Å².